The maximum absolute atomic E-state index is 3.92. The fourth-order valence-corrected chi connectivity index (χ4v) is 1.89. The van der Waals surface area contributed by atoms with Gasteiger partial charge in [0.2, 0.25) is 0 Å². The number of nitrogens with one attached hydrogen (secondary N) is 2. The summed E-state index contributed by atoms with van der Waals surface area (Å²) in [4.78, 5) is 0. The van der Waals surface area contributed by atoms with E-state index in [9.17, 15) is 0 Å². The second-order valence-electron chi connectivity index (χ2n) is 5.80. The molecule has 19 heavy (non-hydrogen) atoms. The second kappa shape index (κ2) is 5.48. The molecule has 2 rings (SSSR count). The summed E-state index contributed by atoms with van der Waals surface area (Å²) in [5, 5.41) is 17.2. The van der Waals surface area contributed by atoms with Gasteiger partial charge in [0.1, 0.15) is 0 Å². The zero-order valence-corrected chi connectivity index (χ0v) is 11.9. The van der Waals surface area contributed by atoms with Crippen LogP contribution in [0.15, 0.2) is 24.3 Å². The molecular formula is C14H21N5. The number of benzene rings is 1. The van der Waals surface area contributed by atoms with Crippen LogP contribution in [-0.4, -0.2) is 20.6 Å². The lowest BCUT2D eigenvalue weighted by Crippen LogP contribution is -2.19. The highest BCUT2D eigenvalue weighted by Gasteiger charge is 2.14. The molecule has 0 aliphatic carbocycles. The molecule has 2 aromatic rings. The number of hydrogen-bond donors (Lipinski definition) is 2. The first-order chi connectivity index (χ1) is 8.97. The highest BCUT2D eigenvalue weighted by atomic mass is 15.5. The van der Waals surface area contributed by atoms with Gasteiger partial charge in [-0.1, -0.05) is 50.3 Å². The Balaban J connectivity index is 1.97. The van der Waals surface area contributed by atoms with E-state index >= 15 is 0 Å². The van der Waals surface area contributed by atoms with Gasteiger partial charge in [0.25, 0.3) is 0 Å². The minimum atomic E-state index is 0.194. The van der Waals surface area contributed by atoms with Crippen molar-refractivity contribution in [3.8, 4) is 0 Å². The monoisotopic (exact) mass is 259 g/mol. The smallest absolute Gasteiger partial charge is 0.188 e. The van der Waals surface area contributed by atoms with Crippen molar-refractivity contribution in [3.05, 3.63) is 41.2 Å². The normalized spacial score (nSPS) is 13.5. The van der Waals surface area contributed by atoms with Crippen LogP contribution >= 0.6 is 0 Å². The summed E-state index contributed by atoms with van der Waals surface area (Å²) in [5.74, 6) is 0.679. The molecule has 0 radical (unpaired) electrons. The van der Waals surface area contributed by atoms with Gasteiger partial charge in [-0.3, -0.25) is 0 Å². The zero-order chi connectivity index (χ0) is 13.9. The second-order valence-corrected chi connectivity index (χ2v) is 5.80. The molecule has 2 N–H and O–H groups in total. The molecular weight excluding hydrogens is 238 g/mol. The van der Waals surface area contributed by atoms with Gasteiger partial charge in [-0.2, -0.15) is 5.21 Å². The molecule has 0 spiro atoms. The standard InChI is InChI=1S/C14H21N5/c1-10(15-9-13-16-18-19-17-13)11-5-7-12(8-6-11)14(2,3)4/h5-8,10,15H,9H2,1-4H3,(H,16,17,18,19). The third-order valence-corrected chi connectivity index (χ3v) is 3.23. The van der Waals surface area contributed by atoms with Crippen molar-refractivity contribution in [3.63, 3.8) is 0 Å². The Kier molecular flexibility index (Phi) is 3.95. The number of aromatic amines is 1. The zero-order valence-electron chi connectivity index (χ0n) is 11.9. The quantitative estimate of drug-likeness (QED) is 0.884. The van der Waals surface area contributed by atoms with Gasteiger partial charge in [-0.15, -0.1) is 10.2 Å². The molecule has 5 heteroatoms. The highest BCUT2D eigenvalue weighted by Crippen LogP contribution is 2.23. The lowest BCUT2D eigenvalue weighted by Gasteiger charge is -2.20. The highest BCUT2D eigenvalue weighted by molar-refractivity contribution is 5.29. The first-order valence-corrected chi connectivity index (χ1v) is 6.53. The van der Waals surface area contributed by atoms with Crippen LogP contribution in [0.5, 0.6) is 0 Å². The van der Waals surface area contributed by atoms with E-state index in [1.165, 1.54) is 11.1 Å². The van der Waals surface area contributed by atoms with Gasteiger partial charge in [-0.05, 0) is 23.5 Å². The van der Waals surface area contributed by atoms with Crippen molar-refractivity contribution in [1.82, 2.24) is 25.9 Å². The topological polar surface area (TPSA) is 66.5 Å². The lowest BCUT2D eigenvalue weighted by atomic mass is 9.86. The van der Waals surface area contributed by atoms with E-state index in [2.05, 4.69) is 77.9 Å². The fourth-order valence-electron chi connectivity index (χ4n) is 1.89. The average molecular weight is 259 g/mol. The van der Waals surface area contributed by atoms with E-state index in [-0.39, 0.29) is 11.5 Å². The van der Waals surface area contributed by atoms with Crippen LogP contribution in [0, 0.1) is 0 Å². The number of hydrogen-bond acceptors (Lipinski definition) is 4. The molecule has 0 fully saturated rings. The molecule has 1 aromatic carbocycles. The Morgan fingerprint density at radius 2 is 1.89 bits per heavy atom. The Bertz CT molecular complexity index is 496. The van der Waals surface area contributed by atoms with Crippen LogP contribution in [0.2, 0.25) is 0 Å². The maximum atomic E-state index is 3.92. The van der Waals surface area contributed by atoms with Crippen LogP contribution in [0.25, 0.3) is 0 Å². The van der Waals surface area contributed by atoms with E-state index in [0.717, 1.165) is 0 Å². The number of nitrogens with zero attached hydrogens (tertiary/aromatic N) is 3. The molecule has 0 aliphatic rings. The van der Waals surface area contributed by atoms with Crippen LogP contribution in [-0.2, 0) is 12.0 Å². The summed E-state index contributed by atoms with van der Waals surface area (Å²) in [6, 6.07) is 9.00. The van der Waals surface area contributed by atoms with Crippen LogP contribution in [0.4, 0.5) is 0 Å². The number of aromatic nitrogens is 4. The summed E-state index contributed by atoms with van der Waals surface area (Å²) in [7, 11) is 0. The number of H-pyrrole nitrogens is 1. The number of tetrazole rings is 1. The van der Waals surface area contributed by atoms with Crippen molar-refractivity contribution in [1.29, 1.82) is 0 Å². The first kappa shape index (κ1) is 13.7. The van der Waals surface area contributed by atoms with Gasteiger partial charge < -0.3 is 5.32 Å². The summed E-state index contributed by atoms with van der Waals surface area (Å²) in [6.45, 7) is 9.41. The van der Waals surface area contributed by atoms with Gasteiger partial charge in [0.05, 0.1) is 6.54 Å². The largest absolute Gasteiger partial charge is 0.303 e. The summed E-state index contributed by atoms with van der Waals surface area (Å²) in [5.41, 5.74) is 2.80. The minimum absolute atomic E-state index is 0.194. The molecule has 102 valence electrons. The fraction of sp³-hybridized carbons (Fsp3) is 0.500. The molecule has 1 unspecified atom stereocenters. The van der Waals surface area contributed by atoms with Crippen LogP contribution in [0.1, 0.15) is 50.7 Å². The van der Waals surface area contributed by atoms with Gasteiger partial charge in [0, 0.05) is 6.04 Å². The minimum Gasteiger partial charge on any atom is -0.303 e. The molecule has 0 saturated heterocycles. The Morgan fingerprint density at radius 3 is 2.42 bits per heavy atom. The van der Waals surface area contributed by atoms with E-state index in [4.69, 9.17) is 0 Å². The molecule has 5 nitrogen and oxygen atoms in total. The third kappa shape index (κ3) is 3.61. The predicted octanol–water partition coefficient (Wildman–Crippen LogP) is 2.35. The van der Waals surface area contributed by atoms with Crippen LogP contribution in [0.3, 0.4) is 0 Å². The molecule has 1 atom stereocenters. The van der Waals surface area contributed by atoms with Crippen molar-refractivity contribution >= 4 is 0 Å². The first-order valence-electron chi connectivity index (χ1n) is 6.53. The predicted molar refractivity (Wildman–Crippen MR) is 74.6 cm³/mol. The Hall–Kier alpha value is -1.75. The Labute approximate surface area is 113 Å². The van der Waals surface area contributed by atoms with Crippen molar-refractivity contribution < 1.29 is 0 Å². The number of rotatable bonds is 4. The van der Waals surface area contributed by atoms with Crippen molar-refractivity contribution in [2.75, 3.05) is 0 Å². The molecule has 0 saturated carbocycles. The van der Waals surface area contributed by atoms with E-state index in [0.29, 0.717) is 12.4 Å². The van der Waals surface area contributed by atoms with Crippen molar-refractivity contribution in [2.45, 2.75) is 45.7 Å². The van der Waals surface area contributed by atoms with E-state index < -0.39 is 0 Å². The Morgan fingerprint density at radius 1 is 1.21 bits per heavy atom. The van der Waals surface area contributed by atoms with Crippen molar-refractivity contribution in [2.24, 2.45) is 0 Å². The average Bonchev–Trinajstić information content (AvgIpc) is 2.88. The molecule has 1 aromatic heterocycles. The molecule has 0 amide bonds. The summed E-state index contributed by atoms with van der Waals surface area (Å²) < 4.78 is 0. The van der Waals surface area contributed by atoms with E-state index in [1.54, 1.807) is 0 Å². The van der Waals surface area contributed by atoms with Gasteiger partial charge >= 0.3 is 0 Å². The maximum Gasteiger partial charge on any atom is 0.188 e. The molecule has 0 aliphatic heterocycles. The summed E-state index contributed by atoms with van der Waals surface area (Å²) >= 11 is 0. The lowest BCUT2D eigenvalue weighted by molar-refractivity contribution is 0.557. The van der Waals surface area contributed by atoms with Crippen LogP contribution < -0.4 is 5.32 Å². The molecule has 0 bridgehead atoms. The van der Waals surface area contributed by atoms with Gasteiger partial charge in [0.15, 0.2) is 5.82 Å². The van der Waals surface area contributed by atoms with E-state index in [1.807, 2.05) is 0 Å². The summed E-state index contributed by atoms with van der Waals surface area (Å²) in [6.07, 6.45) is 0. The van der Waals surface area contributed by atoms with Gasteiger partial charge in [-0.25, -0.2) is 0 Å². The molecule has 1 heterocycles. The third-order valence-electron chi connectivity index (χ3n) is 3.23. The SMILES string of the molecule is CC(NCc1nn[nH]n1)c1ccc(C(C)(C)C)cc1.